The lowest BCUT2D eigenvalue weighted by Gasteiger charge is -2.32. The van der Waals surface area contributed by atoms with Crippen LogP contribution in [0.3, 0.4) is 0 Å². The van der Waals surface area contributed by atoms with Crippen LogP contribution in [-0.4, -0.2) is 81.4 Å². The zero-order chi connectivity index (χ0) is 24.5. The minimum Gasteiger partial charge on any atom is -0.363 e. The molecule has 11 heteroatoms. The van der Waals surface area contributed by atoms with Crippen LogP contribution < -0.4 is 10.6 Å². The van der Waals surface area contributed by atoms with Gasteiger partial charge in [0.05, 0.1) is 24.7 Å². The van der Waals surface area contributed by atoms with E-state index in [1.54, 1.807) is 30.5 Å². The van der Waals surface area contributed by atoms with Crippen molar-refractivity contribution in [3.05, 3.63) is 30.3 Å². The average Bonchev–Trinajstić information content (AvgIpc) is 3.50. The van der Waals surface area contributed by atoms with Gasteiger partial charge in [0.2, 0.25) is 17.0 Å². The molecule has 2 heterocycles. The van der Waals surface area contributed by atoms with Crippen LogP contribution in [-0.2, 0) is 20.9 Å². The summed E-state index contributed by atoms with van der Waals surface area (Å²) >= 11 is 1.47. The number of aromatic nitrogens is 4. The van der Waals surface area contributed by atoms with Crippen molar-refractivity contribution in [1.29, 1.82) is 0 Å². The maximum atomic E-state index is 13.6. The topological polar surface area (TPSA) is 114 Å². The van der Waals surface area contributed by atoms with Gasteiger partial charge in [0.1, 0.15) is 12.6 Å². The van der Waals surface area contributed by atoms with Gasteiger partial charge in [0.15, 0.2) is 0 Å². The van der Waals surface area contributed by atoms with Crippen LogP contribution in [0.25, 0.3) is 0 Å². The highest BCUT2D eigenvalue weighted by Crippen LogP contribution is 2.27. The van der Waals surface area contributed by atoms with Gasteiger partial charge in [-0.2, -0.15) is 0 Å². The summed E-state index contributed by atoms with van der Waals surface area (Å²) in [6.45, 7) is 4.57. The van der Waals surface area contributed by atoms with Crippen LogP contribution in [0, 0.1) is 12.3 Å². The van der Waals surface area contributed by atoms with Gasteiger partial charge in [0.25, 0.3) is 0 Å². The highest BCUT2D eigenvalue weighted by molar-refractivity contribution is 7.99. The first-order chi connectivity index (χ1) is 16.4. The third-order valence-electron chi connectivity index (χ3n) is 5.78. The maximum absolute atomic E-state index is 13.6. The zero-order valence-corrected chi connectivity index (χ0v) is 20.5. The fraction of sp³-hybridized carbons (Fsp3) is 0.522. The van der Waals surface area contributed by atoms with E-state index in [1.807, 2.05) is 30.3 Å². The van der Waals surface area contributed by atoms with Crippen molar-refractivity contribution in [2.75, 3.05) is 20.2 Å². The number of hydrogen-bond acceptors (Lipinski definition) is 8. The SMILES string of the molecule is C#CCO[C@H](C)[C@H](NC(=O)[C@H](C)NC)C(=O)N1CCC[C@H]1Cn1nnnc1Sc1ccccc1. The molecule has 0 bridgehead atoms. The number of carbonyl (C=O) groups is 2. The number of rotatable bonds is 11. The highest BCUT2D eigenvalue weighted by Gasteiger charge is 2.38. The summed E-state index contributed by atoms with van der Waals surface area (Å²) in [5.74, 6) is 1.93. The Balaban J connectivity index is 1.74. The number of amides is 2. The molecule has 2 aromatic rings. The zero-order valence-electron chi connectivity index (χ0n) is 19.7. The van der Waals surface area contributed by atoms with Gasteiger partial charge in [-0.15, -0.1) is 11.5 Å². The molecular weight excluding hydrogens is 454 g/mol. The van der Waals surface area contributed by atoms with Gasteiger partial charge in [-0.3, -0.25) is 9.59 Å². The third kappa shape index (κ3) is 6.56. The lowest BCUT2D eigenvalue weighted by molar-refractivity contribution is -0.141. The molecule has 34 heavy (non-hydrogen) atoms. The Morgan fingerprint density at radius 3 is 2.79 bits per heavy atom. The van der Waals surface area contributed by atoms with E-state index in [9.17, 15) is 9.59 Å². The number of likely N-dealkylation sites (tertiary alicyclic amines) is 1. The third-order valence-corrected chi connectivity index (χ3v) is 6.77. The number of likely N-dealkylation sites (N-methyl/N-ethyl adjacent to an activating group) is 1. The fourth-order valence-corrected chi connectivity index (χ4v) is 4.53. The van der Waals surface area contributed by atoms with E-state index in [4.69, 9.17) is 11.2 Å². The van der Waals surface area contributed by atoms with Gasteiger partial charge in [-0.1, -0.05) is 24.1 Å². The number of carbonyl (C=O) groups excluding carboxylic acids is 2. The monoisotopic (exact) mass is 485 g/mol. The van der Waals surface area contributed by atoms with Crippen LogP contribution in [0.5, 0.6) is 0 Å². The Morgan fingerprint density at radius 2 is 2.09 bits per heavy atom. The molecule has 0 unspecified atom stereocenters. The molecule has 0 spiro atoms. The van der Waals surface area contributed by atoms with Crippen LogP contribution >= 0.6 is 11.8 Å². The predicted molar refractivity (Wildman–Crippen MR) is 128 cm³/mol. The second-order valence-corrected chi connectivity index (χ2v) is 9.14. The van der Waals surface area contributed by atoms with E-state index in [-0.39, 0.29) is 24.5 Å². The Morgan fingerprint density at radius 1 is 1.32 bits per heavy atom. The number of tetrazole rings is 1. The van der Waals surface area contributed by atoms with Crippen LogP contribution in [0.4, 0.5) is 0 Å². The Kier molecular flexibility index (Phi) is 9.44. The second kappa shape index (κ2) is 12.5. The van der Waals surface area contributed by atoms with Gasteiger partial charge in [0, 0.05) is 11.4 Å². The van der Waals surface area contributed by atoms with E-state index in [0.29, 0.717) is 18.2 Å². The minimum absolute atomic E-state index is 0.0521. The highest BCUT2D eigenvalue weighted by atomic mass is 32.2. The predicted octanol–water partition coefficient (Wildman–Crippen LogP) is 0.946. The van der Waals surface area contributed by atoms with E-state index in [0.717, 1.165) is 17.7 Å². The summed E-state index contributed by atoms with van der Waals surface area (Å²) in [5.41, 5.74) is 0. The summed E-state index contributed by atoms with van der Waals surface area (Å²) in [4.78, 5) is 29.0. The van der Waals surface area contributed by atoms with E-state index >= 15 is 0 Å². The van der Waals surface area contributed by atoms with Crippen molar-refractivity contribution < 1.29 is 14.3 Å². The van der Waals surface area contributed by atoms with E-state index in [2.05, 4.69) is 32.1 Å². The van der Waals surface area contributed by atoms with Crippen LogP contribution in [0.2, 0.25) is 0 Å². The first-order valence-corrected chi connectivity index (χ1v) is 12.1. The summed E-state index contributed by atoms with van der Waals surface area (Å²) in [6, 6.07) is 8.44. The van der Waals surface area contributed by atoms with Crippen LogP contribution in [0.15, 0.2) is 40.4 Å². The molecule has 1 aromatic heterocycles. The van der Waals surface area contributed by atoms with Crippen molar-refractivity contribution >= 4 is 23.6 Å². The van der Waals surface area contributed by atoms with E-state index < -0.39 is 18.2 Å². The number of benzene rings is 1. The fourth-order valence-electron chi connectivity index (χ4n) is 3.74. The minimum atomic E-state index is -0.857. The molecule has 4 atom stereocenters. The van der Waals surface area contributed by atoms with Crippen LogP contribution in [0.1, 0.15) is 26.7 Å². The largest absolute Gasteiger partial charge is 0.363 e. The molecule has 0 saturated carbocycles. The van der Waals surface area contributed by atoms with Crippen molar-refractivity contribution in [1.82, 2.24) is 35.7 Å². The Bertz CT molecular complexity index is 994. The molecule has 0 aliphatic carbocycles. The molecule has 2 amide bonds. The average molecular weight is 486 g/mol. The number of nitrogens with one attached hydrogen (secondary N) is 2. The van der Waals surface area contributed by atoms with E-state index in [1.165, 1.54) is 11.8 Å². The number of ether oxygens (including phenoxy) is 1. The summed E-state index contributed by atoms with van der Waals surface area (Å²) in [6.07, 6.45) is 6.40. The van der Waals surface area contributed by atoms with Crippen molar-refractivity contribution in [3.8, 4) is 12.3 Å². The molecular formula is C23H31N7O3S. The summed E-state index contributed by atoms with van der Waals surface area (Å²) < 4.78 is 7.34. The second-order valence-electron chi connectivity index (χ2n) is 8.10. The molecule has 10 nitrogen and oxygen atoms in total. The first kappa shape index (κ1) is 25.7. The normalized spacial score (nSPS) is 18.2. The molecule has 1 aliphatic rings. The van der Waals surface area contributed by atoms with Crippen molar-refractivity contribution in [3.63, 3.8) is 0 Å². The van der Waals surface area contributed by atoms with Gasteiger partial charge in [-0.05, 0) is 68.1 Å². The summed E-state index contributed by atoms with van der Waals surface area (Å²) in [5, 5.41) is 18.5. The maximum Gasteiger partial charge on any atom is 0.248 e. The lowest BCUT2D eigenvalue weighted by Crippen LogP contribution is -2.58. The lowest BCUT2D eigenvalue weighted by atomic mass is 10.1. The molecule has 1 fully saturated rings. The van der Waals surface area contributed by atoms with Crippen molar-refractivity contribution in [2.45, 2.75) is 67.5 Å². The molecule has 3 rings (SSSR count). The van der Waals surface area contributed by atoms with Gasteiger partial charge in [-0.25, -0.2) is 4.68 Å². The number of nitrogens with zero attached hydrogens (tertiary/aromatic N) is 5. The summed E-state index contributed by atoms with van der Waals surface area (Å²) in [7, 11) is 1.69. The molecule has 0 radical (unpaired) electrons. The van der Waals surface area contributed by atoms with Gasteiger partial charge >= 0.3 is 0 Å². The Labute approximate surface area is 204 Å². The number of terminal acetylenes is 1. The molecule has 182 valence electrons. The standard InChI is InChI=1S/C23H31N7O3S/c1-5-14-33-17(3)20(25-21(31)16(2)24-4)22(32)29-13-9-10-18(29)15-30-23(26-27-28-30)34-19-11-7-6-8-12-19/h1,6-8,11-12,16-18,20,24H,9-10,13-15H2,2-4H3,(H,25,31)/t16-,17+,18-,20-/m0/s1. The first-order valence-electron chi connectivity index (χ1n) is 11.3. The number of hydrogen-bond donors (Lipinski definition) is 2. The smallest absolute Gasteiger partial charge is 0.248 e. The molecule has 1 saturated heterocycles. The van der Waals surface area contributed by atoms with Gasteiger partial charge < -0.3 is 20.3 Å². The molecule has 1 aliphatic heterocycles. The Hall–Kier alpha value is -2.94. The quantitative estimate of drug-likeness (QED) is 0.452. The molecule has 2 N–H and O–H groups in total. The van der Waals surface area contributed by atoms with Crippen molar-refractivity contribution in [2.24, 2.45) is 0 Å². The molecule has 1 aromatic carbocycles.